The van der Waals surface area contributed by atoms with Crippen LogP contribution in [0.5, 0.6) is 5.75 Å². The standard InChI is InChI=1S/C24H32O2Si/c1-18(25)14-19-10-6-7-12-21(19)17-27(4,5)23-16-24(23,2)15-20-11-8-9-13-22(20)26-3/h6-13,23H,14-17H2,1-5H3. The maximum atomic E-state index is 11.6. The molecule has 0 radical (unpaired) electrons. The van der Waals surface area contributed by atoms with Crippen molar-refractivity contribution < 1.29 is 9.53 Å². The molecule has 3 rings (SSSR count). The lowest BCUT2D eigenvalue weighted by molar-refractivity contribution is -0.116. The molecule has 0 heterocycles. The first kappa shape index (κ1) is 19.9. The van der Waals surface area contributed by atoms with Gasteiger partial charge in [0.25, 0.3) is 0 Å². The molecule has 0 spiro atoms. The number of Topliss-reactive ketones (excluding diaryl/α,β-unsaturated/α-hetero) is 1. The third kappa shape index (κ3) is 4.52. The second-order valence-corrected chi connectivity index (χ2v) is 14.2. The van der Waals surface area contributed by atoms with E-state index in [1.807, 2.05) is 6.07 Å². The van der Waals surface area contributed by atoms with Gasteiger partial charge in [-0.05, 0) is 59.5 Å². The number of carbonyl (C=O) groups is 1. The van der Waals surface area contributed by atoms with E-state index < -0.39 is 8.07 Å². The van der Waals surface area contributed by atoms with Gasteiger partial charge in [-0.15, -0.1) is 0 Å². The first-order valence-corrected chi connectivity index (χ1v) is 13.2. The predicted molar refractivity (Wildman–Crippen MR) is 115 cm³/mol. The number of rotatable bonds is 8. The summed E-state index contributed by atoms with van der Waals surface area (Å²) in [7, 11) is 0.298. The lowest BCUT2D eigenvalue weighted by Crippen LogP contribution is -2.33. The molecule has 1 saturated carbocycles. The maximum Gasteiger partial charge on any atom is 0.134 e. The average molecular weight is 381 g/mol. The zero-order valence-corrected chi connectivity index (χ0v) is 18.3. The summed E-state index contributed by atoms with van der Waals surface area (Å²) in [6, 6.07) is 18.1. The Hall–Kier alpha value is -1.87. The highest BCUT2D eigenvalue weighted by Crippen LogP contribution is 2.64. The molecule has 2 atom stereocenters. The van der Waals surface area contributed by atoms with Crippen LogP contribution in [0, 0.1) is 5.41 Å². The van der Waals surface area contributed by atoms with Crippen molar-refractivity contribution in [3.8, 4) is 5.75 Å². The fourth-order valence-corrected chi connectivity index (χ4v) is 9.47. The summed E-state index contributed by atoms with van der Waals surface area (Å²) in [5.41, 5.74) is 5.11. The molecule has 0 aromatic heterocycles. The van der Waals surface area contributed by atoms with E-state index in [4.69, 9.17) is 4.74 Å². The minimum atomic E-state index is -1.46. The van der Waals surface area contributed by atoms with Gasteiger partial charge in [-0.3, -0.25) is 4.79 Å². The van der Waals surface area contributed by atoms with E-state index in [0.717, 1.165) is 23.8 Å². The van der Waals surface area contributed by atoms with E-state index in [1.165, 1.54) is 23.1 Å². The SMILES string of the molecule is COc1ccccc1CC1(C)CC1[Si](C)(C)Cc1ccccc1CC(C)=O. The largest absolute Gasteiger partial charge is 0.496 e. The lowest BCUT2D eigenvalue weighted by atomic mass is 9.98. The Morgan fingerprint density at radius 3 is 2.30 bits per heavy atom. The first-order chi connectivity index (χ1) is 12.7. The molecule has 0 aliphatic heterocycles. The van der Waals surface area contributed by atoms with Crippen LogP contribution in [-0.2, 0) is 23.7 Å². The molecule has 2 aromatic carbocycles. The highest BCUT2D eigenvalue weighted by atomic mass is 28.3. The number of carbonyl (C=O) groups excluding carboxylic acids is 1. The summed E-state index contributed by atoms with van der Waals surface area (Å²) >= 11 is 0. The molecule has 27 heavy (non-hydrogen) atoms. The summed E-state index contributed by atoms with van der Waals surface area (Å²) in [6.07, 6.45) is 2.95. The Bertz CT molecular complexity index is 827. The second-order valence-electron chi connectivity index (χ2n) is 9.21. The van der Waals surface area contributed by atoms with Crippen LogP contribution in [0.4, 0.5) is 0 Å². The summed E-state index contributed by atoms with van der Waals surface area (Å²) in [4.78, 5) is 11.6. The third-order valence-corrected chi connectivity index (χ3v) is 10.4. The quantitative estimate of drug-likeness (QED) is 0.554. The van der Waals surface area contributed by atoms with Crippen LogP contribution in [0.2, 0.25) is 18.6 Å². The van der Waals surface area contributed by atoms with Crippen LogP contribution >= 0.6 is 0 Å². The number of methoxy groups -OCH3 is 1. The Kier molecular flexibility index (Phi) is 5.62. The van der Waals surface area contributed by atoms with Gasteiger partial charge >= 0.3 is 0 Å². The van der Waals surface area contributed by atoms with Gasteiger partial charge in [0.05, 0.1) is 15.2 Å². The first-order valence-electron chi connectivity index (χ1n) is 9.93. The molecule has 1 fully saturated rings. The molecule has 144 valence electrons. The summed E-state index contributed by atoms with van der Waals surface area (Å²) in [6.45, 7) is 9.18. The Labute approximate surface area is 165 Å². The van der Waals surface area contributed by atoms with Crippen LogP contribution in [0.25, 0.3) is 0 Å². The van der Waals surface area contributed by atoms with Crippen molar-refractivity contribution in [3.05, 3.63) is 65.2 Å². The molecule has 1 aliphatic carbocycles. The zero-order chi connectivity index (χ0) is 19.7. The van der Waals surface area contributed by atoms with Crippen molar-refractivity contribution in [2.24, 2.45) is 5.41 Å². The molecule has 3 heteroatoms. The van der Waals surface area contributed by atoms with E-state index in [9.17, 15) is 4.79 Å². The average Bonchev–Trinajstić information content (AvgIpc) is 3.29. The fourth-order valence-electron chi connectivity index (χ4n) is 4.89. The monoisotopic (exact) mass is 380 g/mol. The van der Waals surface area contributed by atoms with Gasteiger partial charge in [0.2, 0.25) is 0 Å². The summed E-state index contributed by atoms with van der Waals surface area (Å²) in [5.74, 6) is 1.25. The molecular formula is C24H32O2Si. The van der Waals surface area contributed by atoms with Crippen molar-refractivity contribution in [2.45, 2.75) is 57.8 Å². The van der Waals surface area contributed by atoms with Gasteiger partial charge in [-0.1, -0.05) is 62.5 Å². The van der Waals surface area contributed by atoms with Gasteiger partial charge in [-0.2, -0.15) is 0 Å². The Morgan fingerprint density at radius 1 is 1.07 bits per heavy atom. The minimum absolute atomic E-state index is 0.245. The topological polar surface area (TPSA) is 26.3 Å². The number of benzene rings is 2. The number of para-hydroxylation sites is 1. The molecule has 2 nitrogen and oxygen atoms in total. The van der Waals surface area contributed by atoms with Gasteiger partial charge < -0.3 is 4.74 Å². The van der Waals surface area contributed by atoms with Crippen LogP contribution in [0.3, 0.4) is 0 Å². The van der Waals surface area contributed by atoms with Crippen molar-refractivity contribution in [1.29, 1.82) is 0 Å². The molecular weight excluding hydrogens is 348 g/mol. The fraction of sp³-hybridized carbons (Fsp3) is 0.458. The molecule has 0 amide bonds. The maximum absolute atomic E-state index is 11.6. The molecule has 2 aromatic rings. The molecule has 2 unspecified atom stereocenters. The molecule has 1 aliphatic rings. The molecule has 0 saturated heterocycles. The van der Waals surface area contributed by atoms with Gasteiger partial charge in [0, 0.05) is 6.42 Å². The number of hydrogen-bond acceptors (Lipinski definition) is 2. The van der Waals surface area contributed by atoms with Gasteiger partial charge in [0.1, 0.15) is 11.5 Å². The molecule has 0 bridgehead atoms. The van der Waals surface area contributed by atoms with E-state index in [0.29, 0.717) is 11.8 Å². The van der Waals surface area contributed by atoms with Crippen LogP contribution in [0.1, 0.15) is 37.0 Å². The Balaban J connectivity index is 1.74. The zero-order valence-electron chi connectivity index (χ0n) is 17.3. The predicted octanol–water partition coefficient (Wildman–Crippen LogP) is 5.64. The van der Waals surface area contributed by atoms with E-state index in [2.05, 4.69) is 62.5 Å². The number of ether oxygens (including phenoxy) is 1. The van der Waals surface area contributed by atoms with E-state index in [1.54, 1.807) is 14.0 Å². The van der Waals surface area contributed by atoms with E-state index >= 15 is 0 Å². The van der Waals surface area contributed by atoms with Crippen molar-refractivity contribution in [3.63, 3.8) is 0 Å². The van der Waals surface area contributed by atoms with Crippen LogP contribution in [0.15, 0.2) is 48.5 Å². The number of hydrogen-bond donors (Lipinski definition) is 0. The minimum Gasteiger partial charge on any atom is -0.496 e. The molecule has 0 N–H and O–H groups in total. The Morgan fingerprint density at radius 2 is 1.67 bits per heavy atom. The van der Waals surface area contributed by atoms with Gasteiger partial charge in [-0.25, -0.2) is 0 Å². The van der Waals surface area contributed by atoms with Crippen LogP contribution in [-0.4, -0.2) is 21.0 Å². The second kappa shape index (κ2) is 7.63. The third-order valence-electron chi connectivity index (χ3n) is 6.29. The highest BCUT2D eigenvalue weighted by molar-refractivity contribution is 6.79. The summed E-state index contributed by atoms with van der Waals surface area (Å²) < 4.78 is 5.57. The van der Waals surface area contributed by atoms with Crippen molar-refractivity contribution >= 4 is 13.9 Å². The van der Waals surface area contributed by atoms with Gasteiger partial charge in [0.15, 0.2) is 0 Å². The lowest BCUT2D eigenvalue weighted by Gasteiger charge is -2.27. The van der Waals surface area contributed by atoms with Crippen molar-refractivity contribution in [2.75, 3.05) is 7.11 Å². The summed E-state index contributed by atoms with van der Waals surface area (Å²) in [5, 5.41) is 0. The van der Waals surface area contributed by atoms with Crippen molar-refractivity contribution in [1.82, 2.24) is 0 Å². The normalized spacial score (nSPS) is 21.7. The smallest absolute Gasteiger partial charge is 0.134 e. The van der Waals surface area contributed by atoms with E-state index in [-0.39, 0.29) is 5.78 Å². The number of ketones is 1. The highest BCUT2D eigenvalue weighted by Gasteiger charge is 2.57. The van der Waals surface area contributed by atoms with Crippen LogP contribution < -0.4 is 4.74 Å².